The number of hydrogen-bond acceptors (Lipinski definition) is 5. The number of ether oxygens (including phenoxy) is 1. The normalized spacial score (nSPS) is 10.9. The summed E-state index contributed by atoms with van der Waals surface area (Å²) in [4.78, 5) is 8.50. The fraction of sp³-hybridized carbons (Fsp3) is 0.417. The number of hydrogen-bond donors (Lipinski definition) is 1. The second kappa shape index (κ2) is 4.73. The lowest BCUT2D eigenvalue weighted by molar-refractivity contribution is 0.178. The van der Waals surface area contributed by atoms with E-state index in [1.54, 1.807) is 17.9 Å². The van der Waals surface area contributed by atoms with Crippen molar-refractivity contribution < 1.29 is 4.74 Å². The van der Waals surface area contributed by atoms with Crippen molar-refractivity contribution in [1.82, 2.24) is 19.7 Å². The molecule has 2 rings (SSSR count). The molecule has 0 spiro atoms. The number of anilines is 1. The van der Waals surface area contributed by atoms with E-state index >= 15 is 0 Å². The van der Waals surface area contributed by atoms with Gasteiger partial charge in [0.05, 0.1) is 5.69 Å². The molecule has 2 aromatic heterocycles. The van der Waals surface area contributed by atoms with Crippen LogP contribution in [0.2, 0.25) is 0 Å². The van der Waals surface area contributed by atoms with Crippen LogP contribution in [0.4, 0.5) is 5.82 Å². The molecule has 0 atom stereocenters. The van der Waals surface area contributed by atoms with Gasteiger partial charge in [-0.05, 0) is 26.3 Å². The Bertz CT molecular complexity index is 576. The van der Waals surface area contributed by atoms with Gasteiger partial charge in [-0.1, -0.05) is 0 Å². The quantitative estimate of drug-likeness (QED) is 0.884. The van der Waals surface area contributed by atoms with E-state index in [0.29, 0.717) is 24.1 Å². The first-order valence-electron chi connectivity index (χ1n) is 5.68. The summed E-state index contributed by atoms with van der Waals surface area (Å²) in [6, 6.07) is 1.71. The minimum absolute atomic E-state index is 0.330. The molecule has 0 saturated carbocycles. The highest BCUT2D eigenvalue weighted by Gasteiger charge is 2.11. The zero-order valence-corrected chi connectivity index (χ0v) is 11.1. The fourth-order valence-corrected chi connectivity index (χ4v) is 1.75. The third-order valence-electron chi connectivity index (χ3n) is 2.92. The second-order valence-electron chi connectivity index (χ2n) is 4.21. The van der Waals surface area contributed by atoms with Crippen molar-refractivity contribution in [3.8, 4) is 5.82 Å². The standard InChI is InChI=1S/C12H17N5O/c1-7-8(2)16-17(9(7)3)12-5-10(13)14-11(15-12)6-18-4/h5H,6H2,1-4H3,(H2,13,14,15). The van der Waals surface area contributed by atoms with Crippen molar-refractivity contribution in [2.45, 2.75) is 27.4 Å². The summed E-state index contributed by atoms with van der Waals surface area (Å²) < 4.78 is 6.80. The average molecular weight is 247 g/mol. The molecular formula is C12H17N5O. The van der Waals surface area contributed by atoms with Gasteiger partial charge in [0.15, 0.2) is 11.6 Å². The highest BCUT2D eigenvalue weighted by Crippen LogP contribution is 2.16. The van der Waals surface area contributed by atoms with Gasteiger partial charge in [0.2, 0.25) is 0 Å². The van der Waals surface area contributed by atoms with Gasteiger partial charge < -0.3 is 10.5 Å². The van der Waals surface area contributed by atoms with Crippen molar-refractivity contribution in [3.63, 3.8) is 0 Å². The molecule has 6 heteroatoms. The minimum Gasteiger partial charge on any atom is -0.384 e. The van der Waals surface area contributed by atoms with Crippen LogP contribution in [0.3, 0.4) is 0 Å². The number of aromatic nitrogens is 4. The van der Waals surface area contributed by atoms with Gasteiger partial charge in [0, 0.05) is 18.9 Å². The summed E-state index contributed by atoms with van der Waals surface area (Å²) in [7, 11) is 1.60. The fourth-order valence-electron chi connectivity index (χ4n) is 1.75. The summed E-state index contributed by atoms with van der Waals surface area (Å²) in [5, 5.41) is 4.45. The number of rotatable bonds is 3. The van der Waals surface area contributed by atoms with Gasteiger partial charge in [0.25, 0.3) is 0 Å². The molecule has 2 N–H and O–H groups in total. The Morgan fingerprint density at radius 3 is 2.56 bits per heavy atom. The number of aryl methyl sites for hydroxylation is 1. The van der Waals surface area contributed by atoms with Crippen molar-refractivity contribution in [2.75, 3.05) is 12.8 Å². The lowest BCUT2D eigenvalue weighted by atomic mass is 10.2. The molecule has 6 nitrogen and oxygen atoms in total. The Hall–Kier alpha value is -1.95. The van der Waals surface area contributed by atoms with Crippen LogP contribution in [-0.2, 0) is 11.3 Å². The second-order valence-corrected chi connectivity index (χ2v) is 4.21. The Balaban J connectivity index is 2.52. The van der Waals surface area contributed by atoms with Crippen LogP contribution >= 0.6 is 0 Å². The zero-order chi connectivity index (χ0) is 13.3. The molecule has 0 radical (unpaired) electrons. The van der Waals surface area contributed by atoms with E-state index < -0.39 is 0 Å². The van der Waals surface area contributed by atoms with E-state index in [9.17, 15) is 0 Å². The maximum Gasteiger partial charge on any atom is 0.159 e. The predicted molar refractivity (Wildman–Crippen MR) is 68.5 cm³/mol. The van der Waals surface area contributed by atoms with Crippen LogP contribution < -0.4 is 5.73 Å². The maximum absolute atomic E-state index is 5.77. The Labute approximate surface area is 106 Å². The van der Waals surface area contributed by atoms with Crippen LogP contribution in [0.15, 0.2) is 6.07 Å². The summed E-state index contributed by atoms with van der Waals surface area (Å²) in [6.07, 6.45) is 0. The smallest absolute Gasteiger partial charge is 0.159 e. The Morgan fingerprint density at radius 1 is 1.28 bits per heavy atom. The molecule has 0 aliphatic rings. The lowest BCUT2D eigenvalue weighted by Gasteiger charge is -2.07. The van der Waals surface area contributed by atoms with E-state index in [4.69, 9.17) is 10.5 Å². The molecule has 2 aromatic rings. The first-order chi connectivity index (χ1) is 8.52. The predicted octanol–water partition coefficient (Wildman–Crippen LogP) is 1.32. The van der Waals surface area contributed by atoms with Crippen LogP contribution in [-0.4, -0.2) is 26.9 Å². The van der Waals surface area contributed by atoms with Gasteiger partial charge in [-0.3, -0.25) is 0 Å². The van der Waals surface area contributed by atoms with Crippen molar-refractivity contribution >= 4 is 5.82 Å². The van der Waals surface area contributed by atoms with E-state index in [2.05, 4.69) is 15.1 Å². The monoisotopic (exact) mass is 247 g/mol. The molecule has 0 aromatic carbocycles. The van der Waals surface area contributed by atoms with Gasteiger partial charge in [-0.2, -0.15) is 5.10 Å². The Kier molecular flexibility index (Phi) is 3.29. The van der Waals surface area contributed by atoms with Crippen LogP contribution in [0, 0.1) is 20.8 Å². The average Bonchev–Trinajstić information content (AvgIpc) is 2.57. The number of nitrogen functional groups attached to an aromatic ring is 1. The van der Waals surface area contributed by atoms with E-state index in [0.717, 1.165) is 17.0 Å². The van der Waals surface area contributed by atoms with Gasteiger partial charge in [-0.15, -0.1) is 0 Å². The summed E-state index contributed by atoms with van der Waals surface area (Å²) in [5.74, 6) is 1.64. The van der Waals surface area contributed by atoms with E-state index in [-0.39, 0.29) is 0 Å². The summed E-state index contributed by atoms with van der Waals surface area (Å²) in [5.41, 5.74) is 8.96. The molecule has 0 saturated heterocycles. The van der Waals surface area contributed by atoms with E-state index in [1.165, 1.54) is 0 Å². The van der Waals surface area contributed by atoms with Crippen LogP contribution in [0.5, 0.6) is 0 Å². The third-order valence-corrected chi connectivity index (χ3v) is 2.92. The molecule has 0 bridgehead atoms. The molecule has 0 amide bonds. The van der Waals surface area contributed by atoms with Crippen LogP contribution in [0.1, 0.15) is 22.8 Å². The van der Waals surface area contributed by atoms with Crippen molar-refractivity contribution in [3.05, 3.63) is 28.8 Å². The van der Waals surface area contributed by atoms with Gasteiger partial charge in [-0.25, -0.2) is 14.6 Å². The first-order valence-corrected chi connectivity index (χ1v) is 5.68. The summed E-state index contributed by atoms with van der Waals surface area (Å²) in [6.45, 7) is 6.34. The van der Waals surface area contributed by atoms with E-state index in [1.807, 2.05) is 20.8 Å². The summed E-state index contributed by atoms with van der Waals surface area (Å²) >= 11 is 0. The number of methoxy groups -OCH3 is 1. The lowest BCUT2D eigenvalue weighted by Crippen LogP contribution is -2.08. The highest BCUT2D eigenvalue weighted by atomic mass is 16.5. The Morgan fingerprint density at radius 2 is 2.00 bits per heavy atom. The maximum atomic E-state index is 5.77. The number of nitrogens with two attached hydrogens (primary N) is 1. The topological polar surface area (TPSA) is 78.9 Å². The molecular weight excluding hydrogens is 230 g/mol. The van der Waals surface area contributed by atoms with Crippen molar-refractivity contribution in [1.29, 1.82) is 0 Å². The molecule has 2 heterocycles. The number of nitrogens with zero attached hydrogens (tertiary/aromatic N) is 4. The third kappa shape index (κ3) is 2.19. The van der Waals surface area contributed by atoms with Crippen LogP contribution in [0.25, 0.3) is 5.82 Å². The van der Waals surface area contributed by atoms with Crippen molar-refractivity contribution in [2.24, 2.45) is 0 Å². The first kappa shape index (κ1) is 12.5. The highest BCUT2D eigenvalue weighted by molar-refractivity contribution is 5.39. The molecule has 0 aliphatic heterocycles. The SMILES string of the molecule is COCc1nc(N)cc(-n2nc(C)c(C)c2C)n1. The molecule has 0 unspecified atom stereocenters. The van der Waals surface area contributed by atoms with Gasteiger partial charge >= 0.3 is 0 Å². The molecule has 0 aliphatic carbocycles. The molecule has 0 fully saturated rings. The zero-order valence-electron chi connectivity index (χ0n) is 11.1. The molecule has 18 heavy (non-hydrogen) atoms. The largest absolute Gasteiger partial charge is 0.384 e. The van der Waals surface area contributed by atoms with Gasteiger partial charge in [0.1, 0.15) is 12.4 Å². The minimum atomic E-state index is 0.330. The molecule has 96 valence electrons.